The quantitative estimate of drug-likeness (QED) is 0.491. The van der Waals surface area contributed by atoms with Crippen LogP contribution >= 0.6 is 11.6 Å². The van der Waals surface area contributed by atoms with Crippen LogP contribution in [0, 0.1) is 10.1 Å². The molecule has 0 heterocycles. The van der Waals surface area contributed by atoms with Crippen molar-refractivity contribution in [1.82, 2.24) is 9.80 Å². The molecule has 1 saturated carbocycles. The van der Waals surface area contributed by atoms with Crippen LogP contribution < -0.4 is 0 Å². The number of nitrogens with zero attached hydrogens (tertiary/aromatic N) is 3. The smallest absolute Gasteiger partial charge is 0.328 e. The van der Waals surface area contributed by atoms with Gasteiger partial charge in [-0.2, -0.15) is 0 Å². The van der Waals surface area contributed by atoms with E-state index in [1.54, 1.807) is 0 Å². The van der Waals surface area contributed by atoms with Crippen LogP contribution in [0.4, 0.5) is 10.5 Å². The van der Waals surface area contributed by atoms with Crippen molar-refractivity contribution in [3.63, 3.8) is 0 Å². The van der Waals surface area contributed by atoms with Crippen LogP contribution in [0.25, 0.3) is 0 Å². The van der Waals surface area contributed by atoms with Gasteiger partial charge in [0.25, 0.3) is 5.91 Å². The van der Waals surface area contributed by atoms with Gasteiger partial charge in [0.1, 0.15) is 5.56 Å². The van der Waals surface area contributed by atoms with Crippen molar-refractivity contribution in [2.24, 2.45) is 0 Å². The van der Waals surface area contributed by atoms with Gasteiger partial charge in [-0.05, 0) is 12.8 Å². The molecule has 1 fully saturated rings. The molecular formula is C13H14ClN3O6. The summed E-state index contributed by atoms with van der Waals surface area (Å²) in [6.45, 7) is 0. The highest BCUT2D eigenvalue weighted by Crippen LogP contribution is 2.42. The first kappa shape index (κ1) is 16.8. The molecule has 0 spiro atoms. The van der Waals surface area contributed by atoms with Crippen molar-refractivity contribution in [2.45, 2.75) is 18.9 Å². The molecule has 0 bridgehead atoms. The number of hydrogen-bond donors (Lipinski definition) is 2. The number of urea groups is 1. The summed E-state index contributed by atoms with van der Waals surface area (Å²) in [5.74, 6) is -2.96. The van der Waals surface area contributed by atoms with Crippen LogP contribution in [0.15, 0.2) is 6.07 Å². The number of carbonyl (C=O) groups excluding carboxylic acids is 2. The molecular weight excluding hydrogens is 330 g/mol. The second kappa shape index (κ2) is 5.92. The van der Waals surface area contributed by atoms with Crippen molar-refractivity contribution < 1.29 is 24.7 Å². The van der Waals surface area contributed by atoms with Gasteiger partial charge in [-0.25, -0.2) is 4.79 Å². The summed E-state index contributed by atoms with van der Waals surface area (Å²) in [6, 6.07) is 0.201. The monoisotopic (exact) mass is 343 g/mol. The summed E-state index contributed by atoms with van der Waals surface area (Å²) in [7, 11) is 2.68. The molecule has 1 aliphatic rings. The Kier molecular flexibility index (Phi) is 4.33. The third-order valence-electron chi connectivity index (χ3n) is 3.59. The Hall–Kier alpha value is -2.55. The first-order valence-electron chi connectivity index (χ1n) is 6.60. The number of phenolic OH excluding ortho intramolecular Hbond substituents is 2. The molecule has 0 atom stereocenters. The van der Waals surface area contributed by atoms with Gasteiger partial charge in [0.15, 0.2) is 5.75 Å². The molecule has 23 heavy (non-hydrogen) atoms. The van der Waals surface area contributed by atoms with Gasteiger partial charge >= 0.3 is 11.7 Å². The lowest BCUT2D eigenvalue weighted by atomic mass is 10.1. The van der Waals surface area contributed by atoms with Gasteiger partial charge in [-0.15, -0.1) is 0 Å². The van der Waals surface area contributed by atoms with Gasteiger partial charge < -0.3 is 15.1 Å². The molecule has 0 unspecified atom stereocenters. The largest absolute Gasteiger partial charge is 0.504 e. The minimum absolute atomic E-state index is 0.0384. The lowest BCUT2D eigenvalue weighted by Crippen LogP contribution is -2.43. The Balaban J connectivity index is 2.44. The zero-order chi connectivity index (χ0) is 17.5. The lowest BCUT2D eigenvalue weighted by Gasteiger charge is -2.23. The molecule has 9 nitrogen and oxygen atoms in total. The van der Waals surface area contributed by atoms with Crippen LogP contribution in [0.1, 0.15) is 23.2 Å². The standard InChI is InChI=1S/C13H14ClN3O6/c1-15(6-3-4-6)13(21)16(2)12(20)9-7(14)5-8(18)11(19)10(9)17(22)23/h5-6,18-19H,3-4H2,1-2H3. The van der Waals surface area contributed by atoms with Crippen LogP contribution in [0.3, 0.4) is 0 Å². The molecule has 10 heteroatoms. The third-order valence-corrected chi connectivity index (χ3v) is 3.89. The summed E-state index contributed by atoms with van der Waals surface area (Å²) < 4.78 is 0. The van der Waals surface area contributed by atoms with E-state index in [0.29, 0.717) is 4.90 Å². The maximum atomic E-state index is 12.4. The zero-order valence-corrected chi connectivity index (χ0v) is 13.1. The second-order valence-corrected chi connectivity index (χ2v) is 5.60. The number of halogens is 1. The number of phenols is 2. The van der Waals surface area contributed by atoms with Crippen molar-refractivity contribution in [2.75, 3.05) is 14.1 Å². The van der Waals surface area contributed by atoms with Crippen molar-refractivity contribution in [3.05, 3.63) is 26.8 Å². The minimum atomic E-state index is -1.08. The van der Waals surface area contributed by atoms with E-state index in [1.165, 1.54) is 11.9 Å². The van der Waals surface area contributed by atoms with E-state index in [4.69, 9.17) is 11.6 Å². The molecule has 124 valence electrons. The van der Waals surface area contributed by atoms with Crippen molar-refractivity contribution >= 4 is 29.2 Å². The predicted molar refractivity (Wildman–Crippen MR) is 79.7 cm³/mol. The molecule has 3 amide bonds. The predicted octanol–water partition coefficient (Wildman–Crippen LogP) is 1.95. The normalized spacial score (nSPS) is 13.5. The Morgan fingerprint density at radius 2 is 1.91 bits per heavy atom. The SMILES string of the molecule is CN(C(=O)c1c(Cl)cc(O)c(O)c1[N+](=O)[O-])C(=O)N(C)C1CC1. The van der Waals surface area contributed by atoms with Gasteiger partial charge in [0.2, 0.25) is 5.75 Å². The molecule has 2 N–H and O–H groups in total. The van der Waals surface area contributed by atoms with Crippen LogP contribution in [0.2, 0.25) is 5.02 Å². The summed E-state index contributed by atoms with van der Waals surface area (Å²) in [5.41, 5.74) is -1.71. The first-order chi connectivity index (χ1) is 10.7. The number of nitro groups is 1. The van der Waals surface area contributed by atoms with Crippen LogP contribution in [0.5, 0.6) is 11.5 Å². The molecule has 2 rings (SSSR count). The summed E-state index contributed by atoms with van der Waals surface area (Å²) >= 11 is 5.80. The number of hydrogen-bond acceptors (Lipinski definition) is 6. The molecule has 0 saturated heterocycles. The molecule has 1 aliphatic carbocycles. The van der Waals surface area contributed by atoms with Gasteiger partial charge in [-0.1, -0.05) is 11.6 Å². The highest BCUT2D eigenvalue weighted by Gasteiger charge is 2.37. The average molecular weight is 344 g/mol. The minimum Gasteiger partial charge on any atom is -0.504 e. The fraction of sp³-hybridized carbons (Fsp3) is 0.385. The Morgan fingerprint density at radius 1 is 1.35 bits per heavy atom. The van der Waals surface area contributed by atoms with E-state index in [2.05, 4.69) is 0 Å². The Bertz CT molecular complexity index is 703. The van der Waals surface area contributed by atoms with E-state index in [9.17, 15) is 29.9 Å². The second-order valence-electron chi connectivity index (χ2n) is 5.20. The van der Waals surface area contributed by atoms with Crippen molar-refractivity contribution in [1.29, 1.82) is 0 Å². The average Bonchev–Trinajstić information content (AvgIpc) is 3.31. The van der Waals surface area contributed by atoms with E-state index >= 15 is 0 Å². The number of benzene rings is 1. The number of aromatic hydroxyl groups is 2. The topological polar surface area (TPSA) is 124 Å². The summed E-state index contributed by atoms with van der Waals surface area (Å²) in [4.78, 5) is 36.7. The number of carbonyl (C=O) groups is 2. The van der Waals surface area contributed by atoms with Crippen molar-refractivity contribution in [3.8, 4) is 11.5 Å². The number of nitro benzene ring substituents is 1. The van der Waals surface area contributed by atoms with Crippen LogP contribution in [-0.2, 0) is 0 Å². The summed E-state index contributed by atoms with van der Waals surface area (Å²) in [6.07, 6.45) is 1.65. The molecule has 0 aliphatic heterocycles. The highest BCUT2D eigenvalue weighted by atomic mass is 35.5. The van der Waals surface area contributed by atoms with Gasteiger partial charge in [-0.3, -0.25) is 19.8 Å². The van der Waals surface area contributed by atoms with Crippen LogP contribution in [-0.4, -0.2) is 57.0 Å². The summed E-state index contributed by atoms with van der Waals surface area (Å²) in [5, 5.41) is 29.7. The third kappa shape index (κ3) is 3.00. The highest BCUT2D eigenvalue weighted by molar-refractivity contribution is 6.35. The Morgan fingerprint density at radius 3 is 2.39 bits per heavy atom. The maximum Gasteiger partial charge on any atom is 0.328 e. The number of amides is 3. The molecule has 0 aromatic heterocycles. The molecule has 1 aromatic rings. The first-order valence-corrected chi connectivity index (χ1v) is 6.98. The van der Waals surface area contributed by atoms with Gasteiger partial charge in [0, 0.05) is 26.2 Å². The fourth-order valence-electron chi connectivity index (χ4n) is 2.10. The van der Waals surface area contributed by atoms with E-state index in [-0.39, 0.29) is 6.04 Å². The molecule has 1 aromatic carbocycles. The Labute approximate surface area is 135 Å². The van der Waals surface area contributed by atoms with E-state index in [1.807, 2.05) is 0 Å². The van der Waals surface area contributed by atoms with E-state index in [0.717, 1.165) is 26.0 Å². The van der Waals surface area contributed by atoms with E-state index < -0.39 is 44.6 Å². The fourth-order valence-corrected chi connectivity index (χ4v) is 2.38. The van der Waals surface area contributed by atoms with Gasteiger partial charge in [0.05, 0.1) is 9.95 Å². The molecule has 0 radical (unpaired) electrons. The number of imide groups is 1. The zero-order valence-electron chi connectivity index (χ0n) is 12.3. The maximum absolute atomic E-state index is 12.4. The number of rotatable bonds is 3. The lowest BCUT2D eigenvalue weighted by molar-refractivity contribution is -0.386.